The summed E-state index contributed by atoms with van der Waals surface area (Å²) in [5.41, 5.74) is 2.64. The fourth-order valence-corrected chi connectivity index (χ4v) is 0.624. The molecule has 0 aromatic heterocycles. The zero-order valence-electron chi connectivity index (χ0n) is 8.46. The van der Waals surface area contributed by atoms with E-state index < -0.39 is 0 Å². The van der Waals surface area contributed by atoms with Crippen LogP contribution in [0.25, 0.3) is 0 Å². The highest BCUT2D eigenvalue weighted by Gasteiger charge is 1.69. The molecule has 0 nitrogen and oxygen atoms in total. The van der Waals surface area contributed by atoms with Crippen LogP contribution in [0, 0.1) is 0 Å². The van der Waals surface area contributed by atoms with Crippen LogP contribution in [0.1, 0.15) is 27.7 Å². The first-order chi connectivity index (χ1) is 5.63. The number of allylic oxidation sites excluding steroid dienone is 8. The standard InChI is InChI=1S/C12H18/c1-11(2)9-7-5-6-8-10-12(3)4/h5-10H,1-4H3. The van der Waals surface area contributed by atoms with Gasteiger partial charge in [0.15, 0.2) is 0 Å². The molecule has 0 aliphatic carbocycles. The van der Waals surface area contributed by atoms with Gasteiger partial charge in [0, 0.05) is 0 Å². The fraction of sp³-hybridized carbons (Fsp3) is 0.333. The number of hydrogen-bond acceptors (Lipinski definition) is 0. The molecule has 0 saturated carbocycles. The highest BCUT2D eigenvalue weighted by atomic mass is 13.8. The molecule has 0 radical (unpaired) electrons. The van der Waals surface area contributed by atoms with Crippen molar-refractivity contribution in [2.24, 2.45) is 0 Å². The quantitative estimate of drug-likeness (QED) is 0.549. The summed E-state index contributed by atoms with van der Waals surface area (Å²) in [5, 5.41) is 0. The van der Waals surface area contributed by atoms with E-state index in [0.29, 0.717) is 0 Å². The minimum absolute atomic E-state index is 1.32. The Bertz CT molecular complexity index is 190. The van der Waals surface area contributed by atoms with Crippen LogP contribution < -0.4 is 0 Å². The summed E-state index contributed by atoms with van der Waals surface area (Å²) < 4.78 is 0. The predicted octanol–water partition coefficient (Wildman–Crippen LogP) is 4.03. The van der Waals surface area contributed by atoms with Gasteiger partial charge in [0.05, 0.1) is 0 Å². The van der Waals surface area contributed by atoms with Gasteiger partial charge >= 0.3 is 0 Å². The van der Waals surface area contributed by atoms with Crippen molar-refractivity contribution in [3.8, 4) is 0 Å². The summed E-state index contributed by atoms with van der Waals surface area (Å²) in [5.74, 6) is 0. The number of rotatable bonds is 3. The van der Waals surface area contributed by atoms with E-state index in [0.717, 1.165) is 0 Å². The molecule has 0 aromatic rings. The van der Waals surface area contributed by atoms with Gasteiger partial charge in [-0.1, -0.05) is 47.6 Å². The third-order valence-electron chi connectivity index (χ3n) is 1.19. The van der Waals surface area contributed by atoms with Gasteiger partial charge in [-0.2, -0.15) is 0 Å². The normalized spacial score (nSPS) is 10.7. The maximum atomic E-state index is 2.09. The van der Waals surface area contributed by atoms with Crippen LogP contribution in [-0.4, -0.2) is 0 Å². The molecule has 0 heteroatoms. The summed E-state index contributed by atoms with van der Waals surface area (Å²) in [6, 6.07) is 0. The lowest BCUT2D eigenvalue weighted by Crippen LogP contribution is -1.60. The molecule has 0 rings (SSSR count). The van der Waals surface area contributed by atoms with E-state index in [-0.39, 0.29) is 0 Å². The zero-order valence-corrected chi connectivity index (χ0v) is 8.46. The van der Waals surface area contributed by atoms with Gasteiger partial charge in [0.25, 0.3) is 0 Å². The minimum atomic E-state index is 1.32. The first-order valence-corrected chi connectivity index (χ1v) is 4.24. The third-order valence-corrected chi connectivity index (χ3v) is 1.19. The van der Waals surface area contributed by atoms with Crippen molar-refractivity contribution in [2.75, 3.05) is 0 Å². The lowest BCUT2D eigenvalue weighted by atomic mass is 10.3. The smallest absolute Gasteiger partial charge is 0.0439 e. The Labute approximate surface area is 76.0 Å². The molecular formula is C12H18. The van der Waals surface area contributed by atoms with Crippen LogP contribution in [0.3, 0.4) is 0 Å². The van der Waals surface area contributed by atoms with Gasteiger partial charge in [-0.15, -0.1) is 0 Å². The molecule has 0 saturated heterocycles. The Hall–Kier alpha value is -1.04. The molecule has 0 atom stereocenters. The molecule has 0 aliphatic heterocycles. The van der Waals surface area contributed by atoms with Crippen LogP contribution in [0.2, 0.25) is 0 Å². The van der Waals surface area contributed by atoms with Gasteiger partial charge in [-0.25, -0.2) is 0 Å². The first-order valence-electron chi connectivity index (χ1n) is 4.24. The maximum Gasteiger partial charge on any atom is -0.0439 e. The molecule has 12 heavy (non-hydrogen) atoms. The van der Waals surface area contributed by atoms with Crippen LogP contribution in [-0.2, 0) is 0 Å². The Kier molecular flexibility index (Phi) is 6.08. The largest absolute Gasteiger partial charge is 0.0764 e. The van der Waals surface area contributed by atoms with E-state index in [1.165, 1.54) is 11.1 Å². The van der Waals surface area contributed by atoms with Crippen LogP contribution in [0.15, 0.2) is 47.6 Å². The molecule has 0 N–H and O–H groups in total. The van der Waals surface area contributed by atoms with Crippen molar-refractivity contribution in [1.29, 1.82) is 0 Å². The molecular weight excluding hydrogens is 144 g/mol. The lowest BCUT2D eigenvalue weighted by molar-refractivity contribution is 1.39. The van der Waals surface area contributed by atoms with Crippen molar-refractivity contribution in [2.45, 2.75) is 27.7 Å². The minimum Gasteiger partial charge on any atom is -0.0764 e. The summed E-state index contributed by atoms with van der Waals surface area (Å²) in [4.78, 5) is 0. The number of hydrogen-bond donors (Lipinski definition) is 0. The van der Waals surface area contributed by atoms with E-state index in [1.807, 2.05) is 24.3 Å². The topological polar surface area (TPSA) is 0 Å². The summed E-state index contributed by atoms with van der Waals surface area (Å²) in [7, 11) is 0. The highest BCUT2D eigenvalue weighted by molar-refractivity contribution is 5.18. The molecule has 0 amide bonds. The average molecular weight is 162 g/mol. The second kappa shape index (κ2) is 6.66. The SMILES string of the molecule is CC(C)=CC=CC=CC=C(C)C. The highest BCUT2D eigenvalue weighted by Crippen LogP contribution is 1.91. The molecule has 0 unspecified atom stereocenters. The van der Waals surface area contributed by atoms with E-state index in [1.54, 1.807) is 0 Å². The zero-order chi connectivity index (χ0) is 9.40. The lowest BCUT2D eigenvalue weighted by Gasteiger charge is -1.81. The molecule has 0 aromatic carbocycles. The molecule has 0 heterocycles. The Balaban J connectivity index is 3.83. The fourth-order valence-electron chi connectivity index (χ4n) is 0.624. The second-order valence-corrected chi connectivity index (χ2v) is 3.26. The van der Waals surface area contributed by atoms with Gasteiger partial charge < -0.3 is 0 Å². The van der Waals surface area contributed by atoms with E-state index >= 15 is 0 Å². The maximum absolute atomic E-state index is 2.09. The van der Waals surface area contributed by atoms with E-state index in [9.17, 15) is 0 Å². The van der Waals surface area contributed by atoms with Gasteiger partial charge in [-0.05, 0) is 27.7 Å². The molecule has 0 bridgehead atoms. The second-order valence-electron chi connectivity index (χ2n) is 3.26. The van der Waals surface area contributed by atoms with E-state index in [4.69, 9.17) is 0 Å². The summed E-state index contributed by atoms with van der Waals surface area (Å²) in [6.45, 7) is 8.35. The Morgan fingerprint density at radius 1 is 0.583 bits per heavy atom. The van der Waals surface area contributed by atoms with Crippen molar-refractivity contribution in [1.82, 2.24) is 0 Å². The Morgan fingerprint density at radius 2 is 0.917 bits per heavy atom. The molecule has 0 fully saturated rings. The van der Waals surface area contributed by atoms with Crippen LogP contribution >= 0.6 is 0 Å². The van der Waals surface area contributed by atoms with Gasteiger partial charge in [0.1, 0.15) is 0 Å². The van der Waals surface area contributed by atoms with Crippen molar-refractivity contribution >= 4 is 0 Å². The summed E-state index contributed by atoms with van der Waals surface area (Å²) in [6.07, 6.45) is 12.3. The van der Waals surface area contributed by atoms with Crippen molar-refractivity contribution < 1.29 is 0 Å². The predicted molar refractivity (Wildman–Crippen MR) is 57.1 cm³/mol. The third kappa shape index (κ3) is 8.96. The first kappa shape index (κ1) is 11.0. The average Bonchev–Trinajstić information content (AvgIpc) is 1.95. The molecule has 0 aliphatic rings. The van der Waals surface area contributed by atoms with E-state index in [2.05, 4.69) is 39.8 Å². The van der Waals surface area contributed by atoms with Gasteiger partial charge in [-0.3, -0.25) is 0 Å². The molecule has 66 valence electrons. The van der Waals surface area contributed by atoms with Gasteiger partial charge in [0.2, 0.25) is 0 Å². The van der Waals surface area contributed by atoms with Crippen LogP contribution in [0.4, 0.5) is 0 Å². The monoisotopic (exact) mass is 162 g/mol. The Morgan fingerprint density at radius 3 is 1.17 bits per heavy atom. The van der Waals surface area contributed by atoms with Crippen molar-refractivity contribution in [3.63, 3.8) is 0 Å². The van der Waals surface area contributed by atoms with Crippen molar-refractivity contribution in [3.05, 3.63) is 47.6 Å². The summed E-state index contributed by atoms with van der Waals surface area (Å²) >= 11 is 0. The van der Waals surface area contributed by atoms with Crippen LogP contribution in [0.5, 0.6) is 0 Å². The molecule has 0 spiro atoms.